The number of benzene rings is 1. The average molecular weight is 486 g/mol. The molecule has 4 heterocycles. The number of aryl methyl sites for hydroxylation is 1. The van der Waals surface area contributed by atoms with Crippen molar-refractivity contribution in [1.29, 1.82) is 0 Å². The molecule has 1 aliphatic heterocycles. The lowest BCUT2D eigenvalue weighted by atomic mass is 10.3. The van der Waals surface area contributed by atoms with Gasteiger partial charge in [-0.25, -0.2) is 13.4 Å². The van der Waals surface area contributed by atoms with Gasteiger partial charge in [-0.1, -0.05) is 6.07 Å². The number of rotatable bonds is 7. The quantitative estimate of drug-likeness (QED) is 0.337. The fourth-order valence-electron chi connectivity index (χ4n) is 3.16. The van der Waals surface area contributed by atoms with Crippen LogP contribution in [0.3, 0.4) is 0 Å². The molecule has 0 bridgehead atoms. The van der Waals surface area contributed by atoms with E-state index in [1.54, 1.807) is 35.8 Å². The smallest absolute Gasteiger partial charge is 0.271 e. The van der Waals surface area contributed by atoms with Gasteiger partial charge in [0.15, 0.2) is 5.82 Å². The van der Waals surface area contributed by atoms with Gasteiger partial charge >= 0.3 is 0 Å². The van der Waals surface area contributed by atoms with Crippen molar-refractivity contribution in [3.05, 3.63) is 78.0 Å². The van der Waals surface area contributed by atoms with Crippen LogP contribution >= 0.6 is 23.3 Å². The molecule has 0 saturated heterocycles. The van der Waals surface area contributed by atoms with Gasteiger partial charge in [-0.15, -0.1) is 11.3 Å². The Balaban J connectivity index is 1.30. The summed E-state index contributed by atoms with van der Waals surface area (Å²) in [4.78, 5) is 5.42. The highest BCUT2D eigenvalue weighted by molar-refractivity contribution is 7.97. The zero-order valence-electron chi connectivity index (χ0n) is 16.9. The van der Waals surface area contributed by atoms with Gasteiger partial charge in [0.1, 0.15) is 15.9 Å². The van der Waals surface area contributed by atoms with Crippen LogP contribution < -0.4 is 10.0 Å². The minimum Gasteiger partial charge on any atom is -0.323 e. The van der Waals surface area contributed by atoms with E-state index < -0.39 is 10.0 Å². The molecule has 4 aromatic rings. The van der Waals surface area contributed by atoms with Gasteiger partial charge in [-0.2, -0.15) is 5.10 Å². The second-order valence-electron chi connectivity index (χ2n) is 7.02. The van der Waals surface area contributed by atoms with Crippen molar-refractivity contribution >= 4 is 50.6 Å². The van der Waals surface area contributed by atoms with Crippen molar-refractivity contribution in [2.75, 3.05) is 10.0 Å². The molecule has 9 nitrogen and oxygen atoms in total. The lowest BCUT2D eigenvalue weighted by Gasteiger charge is -2.26. The van der Waals surface area contributed by atoms with Crippen LogP contribution in [0.5, 0.6) is 0 Å². The summed E-state index contributed by atoms with van der Waals surface area (Å²) < 4.78 is 31.8. The molecular weight excluding hydrogens is 466 g/mol. The molecule has 5 rings (SSSR count). The summed E-state index contributed by atoms with van der Waals surface area (Å²) in [5, 5.41) is 12.2. The van der Waals surface area contributed by atoms with Gasteiger partial charge < -0.3 is 9.62 Å². The Hall–Kier alpha value is -3.22. The Labute approximate surface area is 193 Å². The predicted molar refractivity (Wildman–Crippen MR) is 126 cm³/mol. The van der Waals surface area contributed by atoms with Crippen molar-refractivity contribution in [1.82, 2.24) is 24.1 Å². The molecule has 32 heavy (non-hydrogen) atoms. The first kappa shape index (κ1) is 20.7. The Kier molecular flexibility index (Phi) is 5.41. The van der Waals surface area contributed by atoms with E-state index in [0.29, 0.717) is 12.2 Å². The van der Waals surface area contributed by atoms with E-state index in [9.17, 15) is 8.42 Å². The summed E-state index contributed by atoms with van der Waals surface area (Å²) in [7, 11) is -3.56. The third-order valence-corrected chi connectivity index (χ3v) is 8.32. The number of hydrogen-bond donors (Lipinski definition) is 3. The van der Waals surface area contributed by atoms with Gasteiger partial charge in [0.25, 0.3) is 10.0 Å². The lowest BCUT2D eigenvalue weighted by Crippen LogP contribution is -2.23. The Morgan fingerprint density at radius 1 is 1.22 bits per heavy atom. The number of imidazole rings is 1. The summed E-state index contributed by atoms with van der Waals surface area (Å²) in [5.41, 5.74) is 1.49. The molecule has 0 amide bonds. The summed E-state index contributed by atoms with van der Waals surface area (Å²) >= 11 is 2.72. The van der Waals surface area contributed by atoms with E-state index in [2.05, 4.69) is 29.5 Å². The highest BCUT2D eigenvalue weighted by atomic mass is 32.2. The Bertz CT molecular complexity index is 1360. The van der Waals surface area contributed by atoms with E-state index in [0.717, 1.165) is 28.1 Å². The minimum absolute atomic E-state index is 0.289. The molecule has 0 spiro atoms. The van der Waals surface area contributed by atoms with Crippen LogP contribution in [0.2, 0.25) is 0 Å². The molecule has 3 N–H and O–H groups in total. The molecule has 12 heteroatoms. The van der Waals surface area contributed by atoms with Gasteiger partial charge in [0.05, 0.1) is 12.7 Å². The third-order valence-electron chi connectivity index (χ3n) is 4.59. The van der Waals surface area contributed by atoms with E-state index >= 15 is 0 Å². The maximum atomic E-state index is 12.4. The maximum absolute atomic E-state index is 12.4. The number of sulfonamides is 1. The molecule has 0 aliphatic carbocycles. The molecule has 0 fully saturated rings. The molecule has 0 saturated carbocycles. The maximum Gasteiger partial charge on any atom is 0.271 e. The van der Waals surface area contributed by atoms with Crippen molar-refractivity contribution in [3.8, 4) is 0 Å². The van der Waals surface area contributed by atoms with Crippen LogP contribution in [-0.4, -0.2) is 32.5 Å². The molecule has 1 aromatic carbocycles. The monoisotopic (exact) mass is 485 g/mol. The number of aromatic nitrogens is 4. The third kappa shape index (κ3) is 4.38. The Morgan fingerprint density at radius 3 is 2.78 bits per heavy atom. The van der Waals surface area contributed by atoms with Crippen LogP contribution in [0.25, 0.3) is 5.82 Å². The van der Waals surface area contributed by atoms with E-state index in [4.69, 9.17) is 0 Å². The van der Waals surface area contributed by atoms with Gasteiger partial charge in [0.2, 0.25) is 0 Å². The average Bonchev–Trinajstić information content (AvgIpc) is 3.51. The van der Waals surface area contributed by atoms with Crippen LogP contribution in [0.4, 0.5) is 11.5 Å². The van der Waals surface area contributed by atoms with Crippen molar-refractivity contribution in [2.45, 2.75) is 22.6 Å². The number of nitrogens with one attached hydrogen (secondary N) is 3. The predicted octanol–water partition coefficient (Wildman–Crippen LogP) is 4.17. The SMILES string of the molecule is Cc1cc(NC2=CN(Sc3ccc(NS(=O)(=O)c4cccs4)cc3)Cc3nccn32)n[nH]1. The van der Waals surface area contributed by atoms with E-state index in [-0.39, 0.29) is 4.21 Å². The standard InChI is InChI=1S/C20H19N7O2S3/c1-14-11-17(24-23-14)22-19-13-26(12-18-21-8-9-27(18)19)31-16-6-4-15(5-7-16)25-32(28,29)20-3-2-10-30-20/h2-11,13,25H,12H2,1H3,(H2,22,23,24). The van der Waals surface area contributed by atoms with Crippen molar-refractivity contribution in [3.63, 3.8) is 0 Å². The molecule has 0 unspecified atom stereocenters. The fraction of sp³-hybridized carbons (Fsp3) is 0.100. The topological polar surface area (TPSA) is 108 Å². The summed E-state index contributed by atoms with van der Waals surface area (Å²) in [6.45, 7) is 2.57. The summed E-state index contributed by atoms with van der Waals surface area (Å²) in [6.07, 6.45) is 5.67. The van der Waals surface area contributed by atoms with Gasteiger partial charge in [0, 0.05) is 34.7 Å². The zero-order valence-corrected chi connectivity index (χ0v) is 19.3. The second kappa shape index (κ2) is 8.37. The largest absolute Gasteiger partial charge is 0.323 e. The molecule has 1 aliphatic rings. The van der Waals surface area contributed by atoms with E-state index in [1.807, 2.05) is 42.1 Å². The summed E-state index contributed by atoms with van der Waals surface area (Å²) in [5.74, 6) is 2.46. The van der Waals surface area contributed by atoms with Crippen molar-refractivity contribution < 1.29 is 8.42 Å². The normalized spacial score (nSPS) is 13.5. The lowest BCUT2D eigenvalue weighted by molar-refractivity contribution is 0.562. The van der Waals surface area contributed by atoms with Crippen LogP contribution in [0.1, 0.15) is 11.5 Å². The van der Waals surface area contributed by atoms with Crippen LogP contribution in [0.15, 0.2) is 75.5 Å². The van der Waals surface area contributed by atoms with E-state index in [1.165, 1.54) is 23.3 Å². The Morgan fingerprint density at radius 2 is 2.06 bits per heavy atom. The van der Waals surface area contributed by atoms with Crippen LogP contribution in [-0.2, 0) is 16.6 Å². The zero-order chi connectivity index (χ0) is 22.1. The highest BCUT2D eigenvalue weighted by Crippen LogP contribution is 2.31. The summed E-state index contributed by atoms with van der Waals surface area (Å²) in [6, 6.07) is 12.5. The first-order chi connectivity index (χ1) is 15.5. The van der Waals surface area contributed by atoms with Gasteiger partial charge in [-0.3, -0.25) is 14.4 Å². The number of fused-ring (bicyclic) bond motifs is 1. The first-order valence-corrected chi connectivity index (χ1v) is 12.7. The molecule has 0 radical (unpaired) electrons. The van der Waals surface area contributed by atoms with Gasteiger partial charge in [-0.05, 0) is 54.6 Å². The molecule has 164 valence electrons. The minimum atomic E-state index is -3.56. The molecule has 0 atom stereocenters. The number of anilines is 2. The van der Waals surface area contributed by atoms with Crippen LogP contribution in [0, 0.1) is 6.92 Å². The number of hydrogen-bond acceptors (Lipinski definition) is 8. The molecule has 3 aromatic heterocycles. The van der Waals surface area contributed by atoms with Crippen molar-refractivity contribution in [2.24, 2.45) is 0 Å². The molecular formula is C20H19N7O2S3. The fourth-order valence-corrected chi connectivity index (χ4v) is 6.07. The second-order valence-corrected chi connectivity index (χ2v) is 11.0. The number of thiophene rings is 1. The first-order valence-electron chi connectivity index (χ1n) is 9.61. The highest BCUT2D eigenvalue weighted by Gasteiger charge is 2.20. The number of H-pyrrole nitrogens is 1. The number of nitrogens with zero attached hydrogens (tertiary/aromatic N) is 4. The number of aromatic amines is 1.